The van der Waals surface area contributed by atoms with Crippen LogP contribution in [0.2, 0.25) is 0 Å². The van der Waals surface area contributed by atoms with Gasteiger partial charge in [-0.05, 0) is 29.7 Å². The second-order valence-corrected chi connectivity index (χ2v) is 5.62. The van der Waals surface area contributed by atoms with E-state index >= 15 is 0 Å². The maximum Gasteiger partial charge on any atom is 0.303 e. The third-order valence-electron chi connectivity index (χ3n) is 2.93. The normalized spacial score (nSPS) is 10.8. The molecule has 0 aromatic heterocycles. The van der Waals surface area contributed by atoms with Crippen LogP contribution in [0.15, 0.2) is 24.3 Å². The molecule has 0 saturated heterocycles. The lowest BCUT2D eigenvalue weighted by molar-refractivity contribution is -0.139. The molecule has 0 aliphatic carbocycles. The molecule has 0 aliphatic rings. The molecule has 1 aromatic carbocycles. The molecule has 0 fully saturated rings. The minimum Gasteiger partial charge on any atom is -0.481 e. The standard InChI is InChI=1S/C15H20N2O4/c1-15(2,9-13(19)20)8-12(18)17-11-6-4-10(5-7-11)14(21)16-3/h4-7H,8-9H2,1-3H3,(H,16,21)(H,17,18)(H,19,20). The summed E-state index contributed by atoms with van der Waals surface area (Å²) in [4.78, 5) is 34.0. The third kappa shape index (κ3) is 5.64. The summed E-state index contributed by atoms with van der Waals surface area (Å²) in [5, 5.41) is 14.0. The zero-order valence-corrected chi connectivity index (χ0v) is 12.4. The Kier molecular flexibility index (Phi) is 5.46. The summed E-state index contributed by atoms with van der Waals surface area (Å²) in [6.45, 7) is 3.46. The molecule has 0 bridgehead atoms. The average Bonchev–Trinajstić information content (AvgIpc) is 2.36. The molecule has 0 spiro atoms. The second-order valence-electron chi connectivity index (χ2n) is 5.62. The molecule has 0 aliphatic heterocycles. The molecule has 1 rings (SSSR count). The number of benzene rings is 1. The molecular formula is C15H20N2O4. The number of amides is 2. The molecule has 0 atom stereocenters. The van der Waals surface area contributed by atoms with Crippen LogP contribution in [0.4, 0.5) is 5.69 Å². The van der Waals surface area contributed by atoms with Crippen LogP contribution < -0.4 is 10.6 Å². The van der Waals surface area contributed by atoms with Crippen LogP contribution in [0.25, 0.3) is 0 Å². The molecule has 0 saturated carbocycles. The monoisotopic (exact) mass is 292 g/mol. The van der Waals surface area contributed by atoms with Crippen molar-refractivity contribution in [3.63, 3.8) is 0 Å². The van der Waals surface area contributed by atoms with Crippen LogP contribution in [-0.4, -0.2) is 29.9 Å². The van der Waals surface area contributed by atoms with Crippen molar-refractivity contribution < 1.29 is 19.5 Å². The molecule has 0 unspecified atom stereocenters. The lowest BCUT2D eigenvalue weighted by atomic mass is 9.85. The van der Waals surface area contributed by atoms with E-state index in [1.165, 1.54) is 0 Å². The first-order valence-corrected chi connectivity index (χ1v) is 6.57. The van der Waals surface area contributed by atoms with E-state index in [9.17, 15) is 14.4 Å². The van der Waals surface area contributed by atoms with Crippen LogP contribution >= 0.6 is 0 Å². The third-order valence-corrected chi connectivity index (χ3v) is 2.93. The van der Waals surface area contributed by atoms with Gasteiger partial charge in [-0.1, -0.05) is 13.8 Å². The van der Waals surface area contributed by atoms with Crippen molar-refractivity contribution >= 4 is 23.5 Å². The first kappa shape index (κ1) is 16.7. The maximum atomic E-state index is 11.9. The quantitative estimate of drug-likeness (QED) is 0.746. The Morgan fingerprint density at radius 3 is 2.14 bits per heavy atom. The second kappa shape index (κ2) is 6.88. The lowest BCUT2D eigenvalue weighted by Crippen LogP contribution is -2.24. The average molecular weight is 292 g/mol. The Morgan fingerprint density at radius 1 is 1.10 bits per heavy atom. The van der Waals surface area contributed by atoms with E-state index in [0.29, 0.717) is 11.3 Å². The number of rotatable bonds is 6. The number of hydrogen-bond donors (Lipinski definition) is 3. The van der Waals surface area contributed by atoms with Crippen LogP contribution in [0.3, 0.4) is 0 Å². The molecular weight excluding hydrogens is 272 g/mol. The van der Waals surface area contributed by atoms with E-state index in [2.05, 4.69) is 10.6 Å². The SMILES string of the molecule is CNC(=O)c1ccc(NC(=O)CC(C)(C)CC(=O)O)cc1. The number of carbonyl (C=O) groups excluding carboxylic acids is 2. The highest BCUT2D eigenvalue weighted by molar-refractivity contribution is 5.95. The number of aliphatic carboxylic acids is 1. The molecule has 114 valence electrons. The van der Waals surface area contributed by atoms with Crippen LogP contribution in [-0.2, 0) is 9.59 Å². The predicted octanol–water partition coefficient (Wildman–Crippen LogP) is 1.88. The number of hydrogen-bond acceptors (Lipinski definition) is 3. The van der Waals surface area contributed by atoms with Gasteiger partial charge in [0, 0.05) is 24.7 Å². The first-order chi connectivity index (χ1) is 9.73. The minimum atomic E-state index is -0.928. The molecule has 0 heterocycles. The highest BCUT2D eigenvalue weighted by Gasteiger charge is 2.25. The van der Waals surface area contributed by atoms with Crippen LogP contribution in [0.5, 0.6) is 0 Å². The zero-order chi connectivity index (χ0) is 16.0. The Labute approximate surface area is 123 Å². The summed E-state index contributed by atoms with van der Waals surface area (Å²) in [5.41, 5.74) is 0.457. The minimum absolute atomic E-state index is 0.0734. The lowest BCUT2D eigenvalue weighted by Gasteiger charge is -2.21. The largest absolute Gasteiger partial charge is 0.481 e. The van der Waals surface area contributed by atoms with E-state index in [4.69, 9.17) is 5.11 Å². The van der Waals surface area contributed by atoms with Crippen molar-refractivity contribution in [3.8, 4) is 0 Å². The van der Waals surface area contributed by atoms with Crippen molar-refractivity contribution in [3.05, 3.63) is 29.8 Å². The molecule has 21 heavy (non-hydrogen) atoms. The Morgan fingerprint density at radius 2 is 1.67 bits per heavy atom. The van der Waals surface area contributed by atoms with Gasteiger partial charge < -0.3 is 15.7 Å². The molecule has 3 N–H and O–H groups in total. The van der Waals surface area contributed by atoms with Crippen molar-refractivity contribution in [1.29, 1.82) is 0 Å². The Hall–Kier alpha value is -2.37. The van der Waals surface area contributed by atoms with Gasteiger partial charge in [0.15, 0.2) is 0 Å². The van der Waals surface area contributed by atoms with Crippen molar-refractivity contribution in [1.82, 2.24) is 5.32 Å². The van der Waals surface area contributed by atoms with E-state index in [1.807, 2.05) is 0 Å². The molecule has 6 heteroatoms. The van der Waals surface area contributed by atoms with Gasteiger partial charge in [-0.3, -0.25) is 14.4 Å². The topological polar surface area (TPSA) is 95.5 Å². The van der Waals surface area contributed by atoms with E-state index in [-0.39, 0.29) is 24.7 Å². The molecule has 1 aromatic rings. The summed E-state index contributed by atoms with van der Waals surface area (Å²) >= 11 is 0. The van der Waals surface area contributed by atoms with E-state index in [1.54, 1.807) is 45.2 Å². The summed E-state index contributed by atoms with van der Waals surface area (Å²) in [6, 6.07) is 6.48. The van der Waals surface area contributed by atoms with Gasteiger partial charge in [-0.25, -0.2) is 0 Å². The number of anilines is 1. The number of carboxylic acids is 1. The Balaban J connectivity index is 2.63. The highest BCUT2D eigenvalue weighted by Crippen LogP contribution is 2.25. The zero-order valence-electron chi connectivity index (χ0n) is 12.4. The fourth-order valence-corrected chi connectivity index (χ4v) is 1.96. The number of nitrogens with one attached hydrogen (secondary N) is 2. The van der Waals surface area contributed by atoms with E-state index < -0.39 is 11.4 Å². The fourth-order valence-electron chi connectivity index (χ4n) is 1.96. The Bertz CT molecular complexity index is 535. The smallest absolute Gasteiger partial charge is 0.303 e. The van der Waals surface area contributed by atoms with Crippen molar-refractivity contribution in [2.75, 3.05) is 12.4 Å². The van der Waals surface area contributed by atoms with Gasteiger partial charge in [0.05, 0.1) is 6.42 Å². The highest BCUT2D eigenvalue weighted by atomic mass is 16.4. The molecule has 6 nitrogen and oxygen atoms in total. The molecule has 2 amide bonds. The summed E-state index contributed by atoms with van der Waals surface area (Å²) in [7, 11) is 1.54. The number of carboxylic acid groups (broad SMARTS) is 1. The molecule has 0 radical (unpaired) electrons. The first-order valence-electron chi connectivity index (χ1n) is 6.57. The van der Waals surface area contributed by atoms with Crippen LogP contribution in [0.1, 0.15) is 37.0 Å². The van der Waals surface area contributed by atoms with Gasteiger partial charge in [0.2, 0.25) is 5.91 Å². The van der Waals surface area contributed by atoms with Gasteiger partial charge in [0.1, 0.15) is 0 Å². The fraction of sp³-hybridized carbons (Fsp3) is 0.400. The summed E-state index contributed by atoms with van der Waals surface area (Å²) in [6.07, 6.45) is 0.0343. The summed E-state index contributed by atoms with van der Waals surface area (Å²) < 4.78 is 0. The van der Waals surface area contributed by atoms with Crippen molar-refractivity contribution in [2.24, 2.45) is 5.41 Å². The maximum absolute atomic E-state index is 11.9. The summed E-state index contributed by atoms with van der Waals surface area (Å²) in [5.74, 6) is -1.38. The van der Waals surface area contributed by atoms with Gasteiger partial charge in [-0.2, -0.15) is 0 Å². The van der Waals surface area contributed by atoms with Gasteiger partial charge >= 0.3 is 5.97 Å². The van der Waals surface area contributed by atoms with Crippen LogP contribution in [0, 0.1) is 5.41 Å². The predicted molar refractivity (Wildman–Crippen MR) is 79.1 cm³/mol. The van der Waals surface area contributed by atoms with Gasteiger partial charge in [0.25, 0.3) is 5.91 Å². The number of carbonyl (C=O) groups is 3. The van der Waals surface area contributed by atoms with Gasteiger partial charge in [-0.15, -0.1) is 0 Å². The van der Waals surface area contributed by atoms with E-state index in [0.717, 1.165) is 0 Å². The van der Waals surface area contributed by atoms with Crippen molar-refractivity contribution in [2.45, 2.75) is 26.7 Å².